The summed E-state index contributed by atoms with van der Waals surface area (Å²) in [6.07, 6.45) is 1.85. The van der Waals surface area contributed by atoms with Crippen molar-refractivity contribution < 1.29 is 9.94 Å². The van der Waals surface area contributed by atoms with Crippen LogP contribution in [0.3, 0.4) is 0 Å². The first-order valence-corrected chi connectivity index (χ1v) is 5.51. The van der Waals surface area contributed by atoms with Gasteiger partial charge in [0.05, 0.1) is 12.7 Å². The van der Waals surface area contributed by atoms with E-state index in [-0.39, 0.29) is 11.9 Å². The highest BCUT2D eigenvalue weighted by Gasteiger charge is 2.18. The Bertz CT molecular complexity index is 422. The van der Waals surface area contributed by atoms with Crippen molar-refractivity contribution in [3.05, 3.63) is 23.9 Å². The number of amidine groups is 1. The van der Waals surface area contributed by atoms with Gasteiger partial charge in [-0.25, -0.2) is 4.98 Å². The zero-order chi connectivity index (χ0) is 12.3. The predicted octanol–water partition coefficient (Wildman–Crippen LogP) is 0.401. The Morgan fingerprint density at radius 2 is 2.53 bits per heavy atom. The van der Waals surface area contributed by atoms with Crippen molar-refractivity contribution in [2.45, 2.75) is 13.0 Å². The maximum Gasteiger partial charge on any atom is 0.170 e. The van der Waals surface area contributed by atoms with E-state index >= 15 is 0 Å². The molecule has 17 heavy (non-hydrogen) atoms. The van der Waals surface area contributed by atoms with Crippen molar-refractivity contribution in [1.82, 2.24) is 4.98 Å². The highest BCUT2D eigenvalue weighted by molar-refractivity contribution is 5.97. The summed E-state index contributed by atoms with van der Waals surface area (Å²) in [4.78, 5) is 6.42. The van der Waals surface area contributed by atoms with E-state index in [4.69, 9.17) is 15.7 Å². The first kappa shape index (κ1) is 11.7. The Hall–Kier alpha value is -1.82. The molecule has 1 unspecified atom stereocenters. The quantitative estimate of drug-likeness (QED) is 0.336. The van der Waals surface area contributed by atoms with E-state index < -0.39 is 0 Å². The number of hydrogen-bond donors (Lipinski definition) is 2. The molecular formula is C11H16N4O2. The summed E-state index contributed by atoms with van der Waals surface area (Å²) in [5.41, 5.74) is 6.21. The van der Waals surface area contributed by atoms with Crippen molar-refractivity contribution in [3.63, 3.8) is 0 Å². The lowest BCUT2D eigenvalue weighted by Gasteiger charge is -2.32. The Morgan fingerprint density at radius 3 is 3.24 bits per heavy atom. The molecule has 1 aliphatic rings. The predicted molar refractivity (Wildman–Crippen MR) is 64.4 cm³/mol. The first-order valence-electron chi connectivity index (χ1n) is 5.51. The molecule has 1 aromatic heterocycles. The van der Waals surface area contributed by atoms with Crippen LogP contribution in [-0.4, -0.2) is 41.8 Å². The molecule has 0 aliphatic carbocycles. The van der Waals surface area contributed by atoms with Crippen LogP contribution in [0, 0.1) is 0 Å². The van der Waals surface area contributed by atoms with E-state index in [2.05, 4.69) is 15.0 Å². The molecule has 1 aliphatic heterocycles. The Balaban J connectivity index is 2.21. The molecule has 1 saturated heterocycles. The topological polar surface area (TPSA) is 84.0 Å². The van der Waals surface area contributed by atoms with E-state index in [0.29, 0.717) is 12.2 Å². The van der Waals surface area contributed by atoms with Crippen molar-refractivity contribution in [1.29, 1.82) is 0 Å². The van der Waals surface area contributed by atoms with Gasteiger partial charge in [0, 0.05) is 24.8 Å². The van der Waals surface area contributed by atoms with Crippen molar-refractivity contribution >= 4 is 11.7 Å². The summed E-state index contributed by atoms with van der Waals surface area (Å²) in [7, 11) is 0. The summed E-state index contributed by atoms with van der Waals surface area (Å²) in [6, 6.07) is 3.52. The monoisotopic (exact) mass is 236 g/mol. The van der Waals surface area contributed by atoms with Crippen LogP contribution in [-0.2, 0) is 4.74 Å². The van der Waals surface area contributed by atoms with Gasteiger partial charge in [0.1, 0.15) is 5.82 Å². The van der Waals surface area contributed by atoms with E-state index in [1.165, 1.54) is 0 Å². The Kier molecular flexibility index (Phi) is 3.43. The molecule has 92 valence electrons. The zero-order valence-corrected chi connectivity index (χ0v) is 9.71. The van der Waals surface area contributed by atoms with E-state index in [1.54, 1.807) is 12.3 Å². The van der Waals surface area contributed by atoms with Crippen LogP contribution in [0.1, 0.15) is 12.5 Å². The summed E-state index contributed by atoms with van der Waals surface area (Å²) in [5, 5.41) is 11.6. The molecule has 0 amide bonds. The molecule has 0 aromatic carbocycles. The number of hydrogen-bond acceptors (Lipinski definition) is 5. The number of nitrogens with zero attached hydrogens (tertiary/aromatic N) is 3. The largest absolute Gasteiger partial charge is 0.409 e. The minimum Gasteiger partial charge on any atom is -0.409 e. The third-order valence-electron chi connectivity index (χ3n) is 2.71. The number of morpholine rings is 1. The van der Waals surface area contributed by atoms with Crippen molar-refractivity contribution in [3.8, 4) is 0 Å². The second-order valence-corrected chi connectivity index (χ2v) is 4.02. The Labute approximate surface area is 99.7 Å². The number of anilines is 1. The van der Waals surface area contributed by atoms with E-state index in [1.807, 2.05) is 13.0 Å². The lowest BCUT2D eigenvalue weighted by molar-refractivity contribution is 0.0529. The maximum atomic E-state index is 8.64. The number of oxime groups is 1. The third kappa shape index (κ3) is 2.65. The van der Waals surface area contributed by atoms with Gasteiger partial charge < -0.3 is 20.6 Å². The smallest absolute Gasteiger partial charge is 0.170 e. The molecule has 2 heterocycles. The summed E-state index contributed by atoms with van der Waals surface area (Å²) >= 11 is 0. The van der Waals surface area contributed by atoms with Crippen LogP contribution in [0.4, 0.5) is 5.82 Å². The van der Waals surface area contributed by atoms with Crippen LogP contribution in [0.15, 0.2) is 23.5 Å². The summed E-state index contributed by atoms with van der Waals surface area (Å²) < 4.78 is 5.47. The normalized spacial score (nSPS) is 21.6. The van der Waals surface area contributed by atoms with Crippen molar-refractivity contribution in [2.75, 3.05) is 24.6 Å². The molecule has 1 fully saturated rings. The van der Waals surface area contributed by atoms with Crippen LogP contribution in [0.25, 0.3) is 0 Å². The molecule has 6 heteroatoms. The average molecular weight is 236 g/mol. The van der Waals surface area contributed by atoms with Gasteiger partial charge in [-0.2, -0.15) is 0 Å². The molecule has 0 spiro atoms. The number of nitrogens with two attached hydrogens (primary N) is 1. The first-order chi connectivity index (χ1) is 8.20. The third-order valence-corrected chi connectivity index (χ3v) is 2.71. The number of pyridine rings is 1. The molecule has 6 nitrogen and oxygen atoms in total. The van der Waals surface area contributed by atoms with Crippen LogP contribution in [0.2, 0.25) is 0 Å². The van der Waals surface area contributed by atoms with Gasteiger partial charge in [-0.05, 0) is 19.1 Å². The SMILES string of the molecule is CC1CN(c2cc(/C(N)=N/O)ccn2)CCO1. The molecule has 3 N–H and O–H groups in total. The van der Waals surface area contributed by atoms with Gasteiger partial charge in [-0.15, -0.1) is 0 Å². The van der Waals surface area contributed by atoms with Crippen molar-refractivity contribution in [2.24, 2.45) is 10.9 Å². The van der Waals surface area contributed by atoms with Gasteiger partial charge in [0.25, 0.3) is 0 Å². The van der Waals surface area contributed by atoms with Gasteiger partial charge >= 0.3 is 0 Å². The van der Waals surface area contributed by atoms with Crippen LogP contribution >= 0.6 is 0 Å². The second-order valence-electron chi connectivity index (χ2n) is 4.02. The van der Waals surface area contributed by atoms with Gasteiger partial charge in [-0.1, -0.05) is 5.16 Å². The van der Waals surface area contributed by atoms with Gasteiger partial charge in [0.2, 0.25) is 0 Å². The fraction of sp³-hybridized carbons (Fsp3) is 0.455. The average Bonchev–Trinajstić information content (AvgIpc) is 2.38. The molecule has 0 bridgehead atoms. The van der Waals surface area contributed by atoms with Gasteiger partial charge in [-0.3, -0.25) is 0 Å². The highest BCUT2D eigenvalue weighted by atomic mass is 16.5. The molecule has 2 rings (SSSR count). The molecular weight excluding hydrogens is 220 g/mol. The molecule has 1 atom stereocenters. The van der Waals surface area contributed by atoms with Crippen LogP contribution < -0.4 is 10.6 Å². The van der Waals surface area contributed by atoms with E-state index in [0.717, 1.165) is 18.9 Å². The highest BCUT2D eigenvalue weighted by Crippen LogP contribution is 2.16. The minimum atomic E-state index is 0.0926. The van der Waals surface area contributed by atoms with Crippen LogP contribution in [0.5, 0.6) is 0 Å². The number of ether oxygens (including phenoxy) is 1. The summed E-state index contributed by atoms with van der Waals surface area (Å²) in [5.74, 6) is 0.916. The second kappa shape index (κ2) is 5.01. The molecule has 0 saturated carbocycles. The van der Waals surface area contributed by atoms with Gasteiger partial charge in [0.15, 0.2) is 5.84 Å². The number of rotatable bonds is 2. The molecule has 0 radical (unpaired) electrons. The minimum absolute atomic E-state index is 0.0926. The maximum absolute atomic E-state index is 8.64. The van der Waals surface area contributed by atoms with E-state index in [9.17, 15) is 0 Å². The standard InChI is InChI=1S/C11H16N4O2/c1-8-7-15(4-5-17-8)10-6-9(2-3-13-10)11(12)14-16/h2-3,6,8,16H,4-5,7H2,1H3,(H2,12,14). The fourth-order valence-electron chi connectivity index (χ4n) is 1.83. The Morgan fingerprint density at radius 1 is 1.71 bits per heavy atom. The molecule has 1 aromatic rings. The number of aromatic nitrogens is 1. The zero-order valence-electron chi connectivity index (χ0n) is 9.71. The fourth-order valence-corrected chi connectivity index (χ4v) is 1.83. The lowest BCUT2D eigenvalue weighted by atomic mass is 10.2. The lowest BCUT2D eigenvalue weighted by Crippen LogP contribution is -2.41. The summed E-state index contributed by atoms with van der Waals surface area (Å²) in [6.45, 7) is 4.32.